The van der Waals surface area contributed by atoms with Gasteiger partial charge in [-0.25, -0.2) is 10.0 Å². The summed E-state index contributed by atoms with van der Waals surface area (Å²) in [4.78, 5) is 30.0. The zero-order chi connectivity index (χ0) is 19.7. The molecule has 0 spiro atoms. The number of nitrogens with zero attached hydrogens (tertiary/aromatic N) is 6. The first-order valence-electron chi connectivity index (χ1n) is 9.04. The zero-order valence-electron chi connectivity index (χ0n) is 15.7. The van der Waals surface area contributed by atoms with E-state index in [0.29, 0.717) is 35.8 Å². The molecule has 3 aromatic heterocycles. The minimum atomic E-state index is -0.267. The smallest absolute Gasteiger partial charge is 0.277 e. The Labute approximate surface area is 161 Å². The van der Waals surface area contributed by atoms with Gasteiger partial charge in [-0.1, -0.05) is 11.2 Å². The van der Waals surface area contributed by atoms with Crippen molar-refractivity contribution in [3.63, 3.8) is 0 Å². The van der Waals surface area contributed by atoms with Gasteiger partial charge in [-0.2, -0.15) is 5.10 Å². The molecule has 0 saturated carbocycles. The van der Waals surface area contributed by atoms with Crippen molar-refractivity contribution in [3.05, 3.63) is 53.7 Å². The van der Waals surface area contributed by atoms with Crippen molar-refractivity contribution in [3.8, 4) is 11.4 Å². The van der Waals surface area contributed by atoms with Crippen LogP contribution in [0.25, 0.3) is 11.4 Å². The van der Waals surface area contributed by atoms with E-state index in [1.165, 1.54) is 10.0 Å². The molecule has 0 unspecified atom stereocenters. The number of pyridine rings is 1. The van der Waals surface area contributed by atoms with Crippen LogP contribution in [-0.2, 0) is 11.3 Å². The van der Waals surface area contributed by atoms with Crippen molar-refractivity contribution in [2.24, 2.45) is 0 Å². The lowest BCUT2D eigenvalue weighted by atomic mass is 10.2. The van der Waals surface area contributed by atoms with Crippen molar-refractivity contribution in [1.29, 1.82) is 0 Å². The molecule has 9 heteroatoms. The Morgan fingerprint density at radius 1 is 1.11 bits per heavy atom. The number of carbonyl (C=O) groups excluding carboxylic acids is 2. The van der Waals surface area contributed by atoms with Gasteiger partial charge in [-0.15, -0.1) is 0 Å². The quantitative estimate of drug-likeness (QED) is 0.685. The average Bonchev–Trinajstić information content (AvgIpc) is 3.42. The van der Waals surface area contributed by atoms with Crippen LogP contribution in [0, 0.1) is 13.8 Å². The lowest BCUT2D eigenvalue weighted by molar-refractivity contribution is -0.141. The molecule has 3 aromatic rings. The average molecular weight is 380 g/mol. The fraction of sp³-hybridized carbons (Fsp3) is 0.316. The normalized spacial score (nSPS) is 13.9. The van der Waals surface area contributed by atoms with Crippen molar-refractivity contribution >= 4 is 11.8 Å². The largest absolute Gasteiger partial charge is 0.361 e. The topological polar surface area (TPSA) is 97.4 Å². The third-order valence-corrected chi connectivity index (χ3v) is 4.67. The maximum atomic E-state index is 12.9. The van der Waals surface area contributed by atoms with Crippen molar-refractivity contribution in [2.45, 2.75) is 26.8 Å². The minimum absolute atomic E-state index is 0.0399. The molecular formula is C19H20N6O3. The Bertz CT molecular complexity index is 990. The predicted octanol–water partition coefficient (Wildman–Crippen LogP) is 1.84. The van der Waals surface area contributed by atoms with Gasteiger partial charge in [0.2, 0.25) is 0 Å². The Morgan fingerprint density at radius 3 is 2.64 bits per heavy atom. The van der Waals surface area contributed by atoms with Gasteiger partial charge < -0.3 is 4.52 Å². The third-order valence-electron chi connectivity index (χ3n) is 4.67. The summed E-state index contributed by atoms with van der Waals surface area (Å²) < 4.78 is 6.65. The third kappa shape index (κ3) is 3.26. The molecule has 28 heavy (non-hydrogen) atoms. The first-order valence-corrected chi connectivity index (χ1v) is 9.04. The summed E-state index contributed by atoms with van der Waals surface area (Å²) >= 11 is 0. The summed E-state index contributed by atoms with van der Waals surface area (Å²) in [5.74, 6) is -0.0149. The Balaban J connectivity index is 1.49. The van der Waals surface area contributed by atoms with Crippen molar-refractivity contribution < 1.29 is 14.1 Å². The van der Waals surface area contributed by atoms with Gasteiger partial charge in [-0.05, 0) is 38.5 Å². The molecule has 4 heterocycles. The van der Waals surface area contributed by atoms with E-state index in [0.717, 1.165) is 12.1 Å². The van der Waals surface area contributed by atoms with Gasteiger partial charge in [0, 0.05) is 25.5 Å². The molecule has 0 atom stereocenters. The van der Waals surface area contributed by atoms with Crippen LogP contribution in [0.4, 0.5) is 0 Å². The number of hydrogen-bond donors (Lipinski definition) is 0. The first kappa shape index (κ1) is 17.9. The second-order valence-electron chi connectivity index (χ2n) is 6.61. The van der Waals surface area contributed by atoms with E-state index in [9.17, 15) is 9.59 Å². The van der Waals surface area contributed by atoms with Gasteiger partial charge in [0.25, 0.3) is 11.8 Å². The van der Waals surface area contributed by atoms with Crippen LogP contribution in [-0.4, -0.2) is 54.8 Å². The van der Waals surface area contributed by atoms with Gasteiger partial charge >= 0.3 is 0 Å². The number of amides is 2. The SMILES string of the molecule is Cc1noc(C)c1C(=O)N1CCCN1C(=O)Cn1ccc(-c2ccccn2)n1. The summed E-state index contributed by atoms with van der Waals surface area (Å²) in [5.41, 5.74) is 2.37. The Morgan fingerprint density at radius 2 is 1.93 bits per heavy atom. The molecule has 1 aliphatic rings. The maximum Gasteiger partial charge on any atom is 0.277 e. The van der Waals surface area contributed by atoms with Crippen LogP contribution < -0.4 is 0 Å². The molecule has 1 fully saturated rings. The van der Waals surface area contributed by atoms with Crippen LogP contribution in [0.3, 0.4) is 0 Å². The number of aromatic nitrogens is 4. The van der Waals surface area contributed by atoms with Crippen LogP contribution in [0.15, 0.2) is 41.2 Å². The zero-order valence-corrected chi connectivity index (χ0v) is 15.7. The predicted molar refractivity (Wildman–Crippen MR) is 98.8 cm³/mol. The van der Waals surface area contributed by atoms with E-state index in [-0.39, 0.29) is 18.4 Å². The van der Waals surface area contributed by atoms with E-state index >= 15 is 0 Å². The molecule has 0 aromatic carbocycles. The van der Waals surface area contributed by atoms with E-state index in [4.69, 9.17) is 4.52 Å². The molecule has 1 saturated heterocycles. The summed E-state index contributed by atoms with van der Waals surface area (Å²) in [7, 11) is 0. The summed E-state index contributed by atoms with van der Waals surface area (Å²) in [6.07, 6.45) is 4.15. The molecule has 1 aliphatic heterocycles. The standard InChI is InChI=1S/C19H20N6O3/c1-13-18(14(2)28-22-13)19(27)25-10-5-9-24(25)17(26)12-23-11-7-16(21-23)15-6-3-4-8-20-15/h3-4,6-8,11H,5,9-10,12H2,1-2H3. The molecule has 0 N–H and O–H groups in total. The van der Waals surface area contributed by atoms with E-state index in [2.05, 4.69) is 15.2 Å². The summed E-state index contributed by atoms with van der Waals surface area (Å²) in [5, 5.41) is 11.2. The van der Waals surface area contributed by atoms with Crippen LogP contribution >= 0.6 is 0 Å². The minimum Gasteiger partial charge on any atom is -0.361 e. The van der Waals surface area contributed by atoms with Crippen LogP contribution in [0.1, 0.15) is 28.2 Å². The summed E-state index contributed by atoms with van der Waals surface area (Å²) in [6.45, 7) is 4.42. The van der Waals surface area contributed by atoms with Crippen molar-refractivity contribution in [1.82, 2.24) is 29.9 Å². The van der Waals surface area contributed by atoms with Crippen LogP contribution in [0.5, 0.6) is 0 Å². The highest BCUT2D eigenvalue weighted by Gasteiger charge is 2.34. The number of rotatable bonds is 4. The van der Waals surface area contributed by atoms with E-state index in [1.807, 2.05) is 24.3 Å². The van der Waals surface area contributed by atoms with Gasteiger partial charge in [0.1, 0.15) is 23.6 Å². The Hall–Kier alpha value is -3.49. The van der Waals surface area contributed by atoms with E-state index < -0.39 is 0 Å². The molecule has 0 radical (unpaired) electrons. The molecule has 2 amide bonds. The second-order valence-corrected chi connectivity index (χ2v) is 6.61. The number of hydrogen-bond acceptors (Lipinski definition) is 6. The molecule has 0 aliphatic carbocycles. The highest BCUT2D eigenvalue weighted by atomic mass is 16.5. The van der Waals surface area contributed by atoms with Gasteiger partial charge in [-0.3, -0.25) is 19.3 Å². The molecule has 144 valence electrons. The lowest BCUT2D eigenvalue weighted by Gasteiger charge is -2.27. The highest BCUT2D eigenvalue weighted by Crippen LogP contribution is 2.20. The van der Waals surface area contributed by atoms with Gasteiger partial charge in [0.15, 0.2) is 0 Å². The Kier molecular flexibility index (Phi) is 4.64. The maximum absolute atomic E-state index is 12.9. The van der Waals surface area contributed by atoms with Crippen molar-refractivity contribution in [2.75, 3.05) is 13.1 Å². The fourth-order valence-electron chi connectivity index (χ4n) is 3.32. The highest BCUT2D eigenvalue weighted by molar-refractivity contribution is 5.97. The van der Waals surface area contributed by atoms with Crippen LogP contribution in [0.2, 0.25) is 0 Å². The first-order chi connectivity index (χ1) is 13.5. The van der Waals surface area contributed by atoms with E-state index in [1.54, 1.807) is 30.9 Å². The number of hydrazine groups is 1. The number of carbonyl (C=O) groups is 2. The monoisotopic (exact) mass is 380 g/mol. The fourth-order valence-corrected chi connectivity index (χ4v) is 3.32. The number of aryl methyl sites for hydroxylation is 2. The van der Waals surface area contributed by atoms with Gasteiger partial charge in [0.05, 0.1) is 11.4 Å². The molecule has 4 rings (SSSR count). The lowest BCUT2D eigenvalue weighted by Crippen LogP contribution is -2.46. The summed E-state index contributed by atoms with van der Waals surface area (Å²) in [6, 6.07) is 7.39. The molecular weight excluding hydrogens is 360 g/mol. The molecule has 0 bridgehead atoms. The molecule has 9 nitrogen and oxygen atoms in total. The second kappa shape index (κ2) is 7.26.